The highest BCUT2D eigenvalue weighted by molar-refractivity contribution is 6.74. The molecule has 1 saturated heterocycles. The first-order chi connectivity index (χ1) is 8.84. The molecule has 0 N–H and O–H groups in total. The first-order valence-corrected chi connectivity index (χ1v) is 6.72. The number of rotatable bonds is 1. The smallest absolute Gasteiger partial charge is 0.358 e. The fourth-order valence-corrected chi connectivity index (χ4v) is 2.83. The summed E-state index contributed by atoms with van der Waals surface area (Å²) in [5.41, 5.74) is 5.66. The zero-order valence-electron chi connectivity index (χ0n) is 10.1. The molecule has 1 nitrogen and oxygen atoms in total. The minimum atomic E-state index is 0.0331. The van der Waals surface area contributed by atoms with Gasteiger partial charge in [-0.05, 0) is 42.6 Å². The molecule has 1 fully saturated rings. The third-order valence-electron chi connectivity index (χ3n) is 3.50. The molecule has 1 aliphatic carbocycles. The summed E-state index contributed by atoms with van der Waals surface area (Å²) in [4.78, 5) is 0. The molecule has 0 spiro atoms. The number of hydrogen-bond acceptors (Lipinski definition) is 1. The molecule has 0 bridgehead atoms. The van der Waals surface area contributed by atoms with Gasteiger partial charge in [0.05, 0.1) is 0 Å². The van der Waals surface area contributed by atoms with E-state index in [2.05, 4.69) is 23.9 Å². The molecule has 3 heteroatoms. The van der Waals surface area contributed by atoms with Crippen LogP contribution in [0.1, 0.15) is 12.8 Å². The van der Waals surface area contributed by atoms with Crippen molar-refractivity contribution in [2.45, 2.75) is 12.8 Å². The Morgan fingerprint density at radius 2 is 2.33 bits per heavy atom. The molecular weight excluding hydrogens is 242 g/mol. The van der Waals surface area contributed by atoms with Crippen molar-refractivity contribution in [1.82, 2.24) is 0 Å². The summed E-state index contributed by atoms with van der Waals surface area (Å²) in [6, 6.07) is 7.96. The normalized spacial score (nSPS) is 22.4. The Morgan fingerprint density at radius 1 is 1.39 bits per heavy atom. The van der Waals surface area contributed by atoms with Gasteiger partial charge in [0.2, 0.25) is 0 Å². The van der Waals surface area contributed by atoms with Gasteiger partial charge in [0, 0.05) is 17.5 Å². The van der Waals surface area contributed by atoms with Crippen molar-refractivity contribution < 1.29 is 4.65 Å². The van der Waals surface area contributed by atoms with Crippen LogP contribution in [0.4, 0.5) is 0 Å². The van der Waals surface area contributed by atoms with E-state index >= 15 is 0 Å². The topological polar surface area (TPSA) is 9.23 Å². The molecular formula is C15H14BClO. The quantitative estimate of drug-likeness (QED) is 0.554. The highest BCUT2D eigenvalue weighted by atomic mass is 35.5. The van der Waals surface area contributed by atoms with Gasteiger partial charge in [0.15, 0.2) is 0 Å². The van der Waals surface area contributed by atoms with E-state index in [1.54, 1.807) is 0 Å². The van der Waals surface area contributed by atoms with Crippen LogP contribution in [0.25, 0.3) is 0 Å². The zero-order valence-corrected chi connectivity index (χ0v) is 10.9. The van der Waals surface area contributed by atoms with E-state index in [1.165, 1.54) is 5.47 Å². The summed E-state index contributed by atoms with van der Waals surface area (Å²) < 4.78 is 6.02. The molecule has 1 unspecified atom stereocenters. The number of allylic oxidation sites excluding steroid dienone is 3. The van der Waals surface area contributed by atoms with Crippen molar-refractivity contribution in [3.63, 3.8) is 0 Å². The predicted octanol–water partition coefficient (Wildman–Crippen LogP) is 3.16. The maximum Gasteiger partial charge on any atom is 0.358 e. The van der Waals surface area contributed by atoms with Gasteiger partial charge >= 0.3 is 6.92 Å². The summed E-state index contributed by atoms with van der Waals surface area (Å²) in [6.45, 7) is 0.838. The van der Waals surface area contributed by atoms with E-state index in [0.29, 0.717) is 5.92 Å². The number of halogens is 1. The Bertz CT molecular complexity index is 543. The molecule has 1 aliphatic heterocycles. The van der Waals surface area contributed by atoms with Crippen molar-refractivity contribution in [3.8, 4) is 0 Å². The van der Waals surface area contributed by atoms with E-state index in [4.69, 9.17) is 16.3 Å². The van der Waals surface area contributed by atoms with Crippen LogP contribution in [0, 0.1) is 5.92 Å². The van der Waals surface area contributed by atoms with Gasteiger partial charge in [-0.15, -0.1) is 5.73 Å². The molecule has 18 heavy (non-hydrogen) atoms. The van der Waals surface area contributed by atoms with Crippen molar-refractivity contribution in [2.24, 2.45) is 5.92 Å². The van der Waals surface area contributed by atoms with Gasteiger partial charge in [-0.1, -0.05) is 35.3 Å². The van der Waals surface area contributed by atoms with Gasteiger partial charge < -0.3 is 4.65 Å². The second-order valence-corrected chi connectivity index (χ2v) is 5.16. The molecule has 1 aromatic carbocycles. The van der Waals surface area contributed by atoms with Crippen LogP contribution in [0.2, 0.25) is 5.02 Å². The van der Waals surface area contributed by atoms with E-state index in [1.807, 2.05) is 24.3 Å². The zero-order chi connectivity index (χ0) is 12.4. The molecule has 3 rings (SSSR count). The van der Waals surface area contributed by atoms with Gasteiger partial charge in [-0.25, -0.2) is 0 Å². The van der Waals surface area contributed by atoms with Gasteiger partial charge in [-0.2, -0.15) is 0 Å². The number of hydrogen-bond donors (Lipinski definition) is 0. The average Bonchev–Trinajstić information content (AvgIpc) is 2.61. The van der Waals surface area contributed by atoms with Crippen LogP contribution < -0.4 is 5.46 Å². The highest BCUT2D eigenvalue weighted by Crippen LogP contribution is 2.27. The average molecular weight is 257 g/mol. The van der Waals surface area contributed by atoms with Gasteiger partial charge in [0.1, 0.15) is 0 Å². The minimum absolute atomic E-state index is 0.0331. The van der Waals surface area contributed by atoms with Crippen molar-refractivity contribution in [3.05, 3.63) is 58.7 Å². The molecule has 1 heterocycles. The van der Waals surface area contributed by atoms with E-state index in [-0.39, 0.29) is 6.92 Å². The minimum Gasteiger partial charge on any atom is -0.427 e. The predicted molar refractivity (Wildman–Crippen MR) is 76.3 cm³/mol. The fraction of sp³-hybridized carbons (Fsp3) is 0.267. The van der Waals surface area contributed by atoms with E-state index < -0.39 is 0 Å². The summed E-state index contributed by atoms with van der Waals surface area (Å²) in [7, 11) is 0. The summed E-state index contributed by atoms with van der Waals surface area (Å²) in [5, 5.41) is 0.763. The molecule has 1 aromatic rings. The van der Waals surface area contributed by atoms with Crippen molar-refractivity contribution >= 4 is 24.0 Å². The van der Waals surface area contributed by atoms with Crippen LogP contribution in [0.15, 0.2) is 53.7 Å². The summed E-state index contributed by atoms with van der Waals surface area (Å²) >= 11 is 6.08. The van der Waals surface area contributed by atoms with Crippen LogP contribution in [-0.4, -0.2) is 13.5 Å². The molecule has 0 amide bonds. The largest absolute Gasteiger partial charge is 0.427 e. The molecule has 1 atom stereocenters. The Morgan fingerprint density at radius 3 is 3.22 bits per heavy atom. The number of benzene rings is 1. The SMILES string of the molecule is Clc1cccc(B2OCCCC3C=C=CC=C23)c1. The summed E-state index contributed by atoms with van der Waals surface area (Å²) in [6.07, 6.45) is 8.50. The third kappa shape index (κ3) is 2.33. The first kappa shape index (κ1) is 11.9. The lowest BCUT2D eigenvalue weighted by Crippen LogP contribution is -2.37. The maximum absolute atomic E-state index is 6.08. The number of fused-ring (bicyclic) bond motifs is 1. The Labute approximate surface area is 113 Å². The molecule has 0 radical (unpaired) electrons. The lowest BCUT2D eigenvalue weighted by molar-refractivity contribution is 0.327. The Kier molecular flexibility index (Phi) is 3.42. The Balaban J connectivity index is 1.99. The van der Waals surface area contributed by atoms with E-state index in [9.17, 15) is 0 Å². The van der Waals surface area contributed by atoms with Crippen molar-refractivity contribution in [1.29, 1.82) is 0 Å². The van der Waals surface area contributed by atoms with Crippen LogP contribution in [0.3, 0.4) is 0 Å². The molecule has 0 saturated carbocycles. The van der Waals surface area contributed by atoms with Crippen molar-refractivity contribution in [2.75, 3.05) is 6.61 Å². The molecule has 90 valence electrons. The molecule has 0 aromatic heterocycles. The van der Waals surface area contributed by atoms with Crippen LogP contribution >= 0.6 is 11.6 Å². The van der Waals surface area contributed by atoms with Crippen LogP contribution in [-0.2, 0) is 4.65 Å². The monoisotopic (exact) mass is 256 g/mol. The summed E-state index contributed by atoms with van der Waals surface area (Å²) in [5.74, 6) is 0.460. The third-order valence-corrected chi connectivity index (χ3v) is 3.73. The van der Waals surface area contributed by atoms with Crippen LogP contribution in [0.5, 0.6) is 0 Å². The lowest BCUT2D eigenvalue weighted by Gasteiger charge is -2.20. The fourth-order valence-electron chi connectivity index (χ4n) is 2.63. The standard InChI is InChI=1S/C15H14BClO/c17-14-8-3-7-13(11-14)16-15-9-2-1-5-12(15)6-4-10-18-16/h2-3,5,7-9,11-12H,4,6,10H2. The second kappa shape index (κ2) is 5.20. The highest BCUT2D eigenvalue weighted by Gasteiger charge is 2.31. The Hall–Kier alpha value is -1.21. The van der Waals surface area contributed by atoms with Gasteiger partial charge in [0.25, 0.3) is 0 Å². The maximum atomic E-state index is 6.08. The van der Waals surface area contributed by atoms with E-state index in [0.717, 1.165) is 29.9 Å². The molecule has 2 aliphatic rings. The van der Waals surface area contributed by atoms with Gasteiger partial charge in [-0.3, -0.25) is 0 Å². The first-order valence-electron chi connectivity index (χ1n) is 6.34. The second-order valence-electron chi connectivity index (χ2n) is 4.72. The lowest BCUT2D eigenvalue weighted by atomic mass is 9.51.